The molecule has 5 aliphatic heterocycles. The van der Waals surface area contributed by atoms with Gasteiger partial charge in [0.1, 0.15) is 17.1 Å². The maximum absolute atomic E-state index is 17.3. The lowest BCUT2D eigenvalue weighted by atomic mass is 9.65. The zero-order valence-corrected chi connectivity index (χ0v) is 42.7. The monoisotopic (exact) mass is 1010 g/mol. The highest BCUT2D eigenvalue weighted by Gasteiger charge is 2.46. The molecule has 0 radical (unpaired) electrons. The van der Waals surface area contributed by atoms with E-state index in [1.807, 2.05) is 29.2 Å². The third kappa shape index (κ3) is 9.71. The van der Waals surface area contributed by atoms with Crippen molar-refractivity contribution >= 4 is 62.6 Å². The molecule has 14 nitrogen and oxygen atoms in total. The zero-order valence-electron chi connectivity index (χ0n) is 41.9. The number of imide groups is 1. The molecule has 16 heteroatoms. The summed E-state index contributed by atoms with van der Waals surface area (Å²) in [6, 6.07) is 18.8. The van der Waals surface area contributed by atoms with E-state index in [4.69, 9.17) is 26.3 Å². The minimum Gasteiger partial charge on any atom is -0.508 e. The molecular weight excluding hydrogens is 945 g/mol. The topological polar surface area (TPSA) is 147 Å². The number of halogens is 2. The van der Waals surface area contributed by atoms with E-state index in [2.05, 4.69) is 38.3 Å². The van der Waals surface area contributed by atoms with Crippen molar-refractivity contribution in [3.05, 3.63) is 82.6 Å². The van der Waals surface area contributed by atoms with Crippen LogP contribution in [0.5, 0.6) is 11.8 Å². The Morgan fingerprint density at radius 2 is 1.60 bits per heavy atom. The van der Waals surface area contributed by atoms with Crippen molar-refractivity contribution in [3.8, 4) is 22.9 Å². The predicted octanol–water partition coefficient (Wildman–Crippen LogP) is 8.79. The van der Waals surface area contributed by atoms with Crippen LogP contribution < -0.4 is 25.2 Å². The number of nitrogens with zero attached hydrogens (tertiary/aromatic N) is 7. The van der Waals surface area contributed by atoms with Gasteiger partial charge in [-0.15, -0.1) is 0 Å². The molecule has 3 N–H and O–H groups in total. The standard InChI is InChI=1S/C57H67ClFN9O5/c1-2-37-4-3-5-38-28-42(69)30-45(49(37)38)43-9-10-44-51(50(43)59)62-54(63-52(44)67-32-40-7-8-41(33-67)60-40)73-35-57(17-18-57)34-65-26-24-64(25-27-65)31-36-12-15-56(16-13-36)19-22-66(23-20-56)53(71)39-6-11-46(58)47(29-39)68-21-14-48(70)61-55(68)72/h3-6,9-11,28-30,36,40-41,60,69H,2,7-8,12-27,31-35H2,1H3,(H,61,70,72). The Bertz CT molecular complexity index is 2950. The first kappa shape index (κ1) is 48.3. The number of rotatable bonds is 12. The minimum atomic E-state index is -0.520. The normalized spacial score (nSPS) is 23.4. The highest BCUT2D eigenvalue weighted by molar-refractivity contribution is 6.34. The van der Waals surface area contributed by atoms with Crippen molar-refractivity contribution in [2.75, 3.05) is 88.4 Å². The van der Waals surface area contributed by atoms with E-state index in [1.54, 1.807) is 30.3 Å². The Morgan fingerprint density at radius 1 is 0.849 bits per heavy atom. The summed E-state index contributed by atoms with van der Waals surface area (Å²) in [6.45, 7) is 12.1. The fourth-order valence-electron chi connectivity index (χ4n) is 13.3. The Balaban J connectivity index is 0.652. The van der Waals surface area contributed by atoms with E-state index >= 15 is 4.39 Å². The second-order valence-electron chi connectivity index (χ2n) is 22.6. The van der Waals surface area contributed by atoms with Gasteiger partial charge in [0.25, 0.3) is 5.91 Å². The van der Waals surface area contributed by atoms with Crippen LogP contribution in [0.15, 0.2) is 60.7 Å². The first-order valence-electron chi connectivity index (χ1n) is 26.9. The first-order valence-corrected chi connectivity index (χ1v) is 27.3. The highest BCUT2D eigenvalue weighted by atomic mass is 35.5. The molecule has 7 aliphatic rings. The molecule has 5 saturated heterocycles. The molecule has 4 amide bonds. The average Bonchev–Trinajstić information content (AvgIpc) is 4.08. The Hall–Kier alpha value is -5.61. The SMILES string of the molecule is CCc1cccc2cc(O)cc(-c3ccc4c(N5CC6CCC(C5)N6)nc(OCC5(CN6CCN(CC7CCC8(CC7)CCN(C(=O)c7ccc(Cl)c(N9CCC(=O)NC9=O)c7)CC8)CC6)CC5)nc4c3F)c12. The van der Waals surface area contributed by atoms with Gasteiger partial charge in [0.15, 0.2) is 5.82 Å². The molecule has 73 heavy (non-hydrogen) atoms. The van der Waals surface area contributed by atoms with Gasteiger partial charge in [-0.2, -0.15) is 9.97 Å². The summed E-state index contributed by atoms with van der Waals surface area (Å²) < 4.78 is 23.9. The number of phenols is 1. The third-order valence-corrected chi connectivity index (χ3v) is 18.1. The number of amides is 4. The number of hydrogen-bond donors (Lipinski definition) is 3. The van der Waals surface area contributed by atoms with Gasteiger partial charge in [-0.25, -0.2) is 9.18 Å². The number of ether oxygens (including phenoxy) is 1. The number of carbonyl (C=O) groups is 3. The third-order valence-electron chi connectivity index (χ3n) is 17.8. The summed E-state index contributed by atoms with van der Waals surface area (Å²) in [5.74, 6) is 0.723. The quantitative estimate of drug-likeness (QED) is 0.110. The van der Waals surface area contributed by atoms with E-state index in [9.17, 15) is 19.5 Å². The Morgan fingerprint density at radius 3 is 2.33 bits per heavy atom. The molecule has 2 atom stereocenters. The molecule has 2 bridgehead atoms. The molecule has 1 aromatic heterocycles. The van der Waals surface area contributed by atoms with Gasteiger partial charge in [0, 0.05) is 112 Å². The van der Waals surface area contributed by atoms with Crippen LogP contribution in [0, 0.1) is 22.6 Å². The van der Waals surface area contributed by atoms with Gasteiger partial charge >= 0.3 is 12.0 Å². The lowest BCUT2D eigenvalue weighted by Gasteiger charge is -2.47. The smallest absolute Gasteiger partial charge is 0.328 e. The number of likely N-dealkylation sites (tertiary alicyclic amines) is 1. The van der Waals surface area contributed by atoms with Crippen molar-refractivity contribution in [3.63, 3.8) is 0 Å². The summed E-state index contributed by atoms with van der Waals surface area (Å²) in [5.41, 5.74) is 3.67. The van der Waals surface area contributed by atoms with Gasteiger partial charge < -0.3 is 34.8 Å². The maximum atomic E-state index is 17.3. The van der Waals surface area contributed by atoms with Gasteiger partial charge in [0.2, 0.25) is 5.91 Å². The van der Waals surface area contributed by atoms with Crippen LogP contribution in [-0.2, 0) is 11.2 Å². The number of benzene rings is 4. The number of urea groups is 1. The summed E-state index contributed by atoms with van der Waals surface area (Å²) in [7, 11) is 0. The van der Waals surface area contributed by atoms with Gasteiger partial charge in [-0.05, 0) is 140 Å². The molecule has 5 aromatic rings. The lowest BCUT2D eigenvalue weighted by molar-refractivity contribution is -0.120. The molecular formula is C57H67ClFN9O5. The summed E-state index contributed by atoms with van der Waals surface area (Å²) in [4.78, 5) is 58.9. The fraction of sp³-hybridized carbons (Fsp3) is 0.526. The second-order valence-corrected chi connectivity index (χ2v) is 23.0. The van der Waals surface area contributed by atoms with Gasteiger partial charge in [-0.1, -0.05) is 42.8 Å². The van der Waals surface area contributed by atoms with Crippen LogP contribution in [0.25, 0.3) is 32.8 Å². The summed E-state index contributed by atoms with van der Waals surface area (Å²) in [6.07, 6.45) is 12.2. The van der Waals surface area contributed by atoms with Crippen LogP contribution in [0.3, 0.4) is 0 Å². The molecule has 384 valence electrons. The predicted molar refractivity (Wildman–Crippen MR) is 282 cm³/mol. The number of aromatic hydroxyl groups is 1. The number of fused-ring (bicyclic) bond motifs is 4. The number of phenolic OH excluding ortho intramolecular Hbond substituents is 1. The Kier molecular flexibility index (Phi) is 13.0. The molecule has 2 unspecified atom stereocenters. The van der Waals surface area contributed by atoms with E-state index in [-0.39, 0.29) is 47.5 Å². The maximum Gasteiger partial charge on any atom is 0.328 e. The van der Waals surface area contributed by atoms with Crippen LogP contribution in [0.4, 0.5) is 20.7 Å². The van der Waals surface area contributed by atoms with Gasteiger partial charge in [0.05, 0.1) is 17.3 Å². The Labute approximate surface area is 431 Å². The van der Waals surface area contributed by atoms with Crippen LogP contribution in [0.2, 0.25) is 5.02 Å². The van der Waals surface area contributed by atoms with E-state index < -0.39 is 11.8 Å². The molecule has 7 fully saturated rings. The van der Waals surface area contributed by atoms with Crippen LogP contribution >= 0.6 is 11.6 Å². The van der Waals surface area contributed by atoms with Crippen molar-refractivity contribution in [2.45, 2.75) is 96.1 Å². The number of piperazine rings is 2. The lowest BCUT2D eigenvalue weighted by Crippen LogP contribution is -2.51. The van der Waals surface area contributed by atoms with Crippen molar-refractivity contribution < 1.29 is 28.6 Å². The fourth-order valence-corrected chi connectivity index (χ4v) is 13.5. The van der Waals surface area contributed by atoms with E-state index in [0.29, 0.717) is 62.8 Å². The largest absolute Gasteiger partial charge is 0.508 e. The zero-order chi connectivity index (χ0) is 50.0. The number of nitrogens with one attached hydrogen (secondary N) is 2. The number of anilines is 2. The number of hydrogen-bond acceptors (Lipinski definition) is 11. The molecule has 2 aliphatic carbocycles. The van der Waals surface area contributed by atoms with E-state index in [1.165, 1.54) is 30.6 Å². The van der Waals surface area contributed by atoms with Crippen molar-refractivity contribution in [2.24, 2.45) is 16.7 Å². The average molecular weight is 1010 g/mol. The number of carbonyl (C=O) groups excluding carboxylic acids is 3. The molecule has 1 spiro atoms. The molecule has 2 saturated carbocycles. The summed E-state index contributed by atoms with van der Waals surface area (Å²) in [5, 5.41) is 19.7. The molecule has 6 heterocycles. The van der Waals surface area contributed by atoms with Crippen LogP contribution in [0.1, 0.15) is 93.5 Å². The number of aromatic nitrogens is 2. The summed E-state index contributed by atoms with van der Waals surface area (Å²) >= 11 is 6.47. The van der Waals surface area contributed by atoms with Crippen molar-refractivity contribution in [1.82, 2.24) is 35.3 Å². The van der Waals surface area contributed by atoms with Crippen LogP contribution in [-0.4, -0.2) is 138 Å². The molecule has 4 aromatic carbocycles. The van der Waals surface area contributed by atoms with Crippen molar-refractivity contribution in [1.29, 1.82) is 0 Å². The first-order chi connectivity index (χ1) is 35.4. The number of piperidine rings is 1. The van der Waals surface area contributed by atoms with E-state index in [0.717, 1.165) is 133 Å². The minimum absolute atomic E-state index is 0.0236. The second kappa shape index (κ2) is 19.6. The molecule has 12 rings (SSSR count). The van der Waals surface area contributed by atoms with Gasteiger partial charge in [-0.3, -0.25) is 19.8 Å². The number of aryl methyl sites for hydroxylation is 1. The highest BCUT2D eigenvalue weighted by Crippen LogP contribution is 2.49.